The second-order valence-electron chi connectivity index (χ2n) is 3.92. The highest BCUT2D eigenvalue weighted by molar-refractivity contribution is 6.04. The number of halogens is 1. The van der Waals surface area contributed by atoms with E-state index in [1.165, 1.54) is 12.3 Å². The van der Waals surface area contributed by atoms with Crippen molar-refractivity contribution in [3.05, 3.63) is 42.0 Å². The molecule has 18 heavy (non-hydrogen) atoms. The molecule has 0 saturated carbocycles. The fourth-order valence-corrected chi connectivity index (χ4v) is 1.72. The molecule has 5 heteroatoms. The summed E-state index contributed by atoms with van der Waals surface area (Å²) in [5.74, 6) is -0.722. The summed E-state index contributed by atoms with van der Waals surface area (Å²) in [5.41, 5.74) is 1.11. The quantitative estimate of drug-likeness (QED) is 0.838. The number of hydrogen-bond donors (Lipinski definition) is 1. The summed E-state index contributed by atoms with van der Waals surface area (Å²) in [6.07, 6.45) is 3.26. The Kier molecular flexibility index (Phi) is 3.41. The highest BCUT2D eigenvalue weighted by atomic mass is 19.1. The van der Waals surface area contributed by atoms with Crippen molar-refractivity contribution < 1.29 is 14.0 Å². The molecular formula is C13H13FN2O2. The molecule has 0 spiro atoms. The Labute approximate surface area is 103 Å². The summed E-state index contributed by atoms with van der Waals surface area (Å²) in [6, 6.07) is 4.47. The van der Waals surface area contributed by atoms with E-state index in [2.05, 4.69) is 5.32 Å². The Morgan fingerprint density at radius 3 is 2.83 bits per heavy atom. The van der Waals surface area contributed by atoms with Crippen molar-refractivity contribution >= 4 is 17.2 Å². The Hall–Kier alpha value is -2.17. The second-order valence-corrected chi connectivity index (χ2v) is 3.92. The maximum atomic E-state index is 13.0. The summed E-state index contributed by atoms with van der Waals surface area (Å²) in [5, 5.41) is 2.52. The lowest BCUT2D eigenvalue weighted by Gasteiger charge is -2.02. The number of carbonyl (C=O) groups excluding carboxylic acids is 2. The van der Waals surface area contributed by atoms with Gasteiger partial charge in [0.05, 0.1) is 12.1 Å². The largest absolute Gasteiger partial charge is 0.349 e. The first kappa shape index (κ1) is 12.3. The van der Waals surface area contributed by atoms with Gasteiger partial charge < -0.3 is 9.72 Å². The molecule has 0 unspecified atom stereocenters. The normalized spacial score (nSPS) is 10.6. The number of amides is 1. The lowest BCUT2D eigenvalue weighted by atomic mass is 10.1. The van der Waals surface area contributed by atoms with Gasteiger partial charge in [0, 0.05) is 24.4 Å². The van der Waals surface area contributed by atoms with Crippen LogP contribution in [0.3, 0.4) is 0 Å². The van der Waals surface area contributed by atoms with Crippen molar-refractivity contribution in [1.82, 2.24) is 9.72 Å². The van der Waals surface area contributed by atoms with Crippen LogP contribution >= 0.6 is 0 Å². The number of nitrogens with one attached hydrogen (secondary N) is 1. The smallest absolute Gasteiger partial charge is 0.220 e. The van der Waals surface area contributed by atoms with Crippen LogP contribution < -0.4 is 5.32 Å². The van der Waals surface area contributed by atoms with Crippen LogP contribution in [-0.2, 0) is 4.79 Å². The number of ketones is 1. The van der Waals surface area contributed by atoms with Gasteiger partial charge >= 0.3 is 0 Å². The predicted molar refractivity (Wildman–Crippen MR) is 65.0 cm³/mol. The van der Waals surface area contributed by atoms with Crippen molar-refractivity contribution in [3.63, 3.8) is 0 Å². The molecule has 1 amide bonds. The van der Waals surface area contributed by atoms with Crippen LogP contribution in [0.2, 0.25) is 0 Å². The second kappa shape index (κ2) is 5.00. The van der Waals surface area contributed by atoms with Gasteiger partial charge in [-0.05, 0) is 18.2 Å². The number of pyridine rings is 1. The summed E-state index contributed by atoms with van der Waals surface area (Å²) in [4.78, 5) is 23.0. The van der Waals surface area contributed by atoms with E-state index < -0.39 is 0 Å². The monoisotopic (exact) mass is 248 g/mol. The number of carbonyl (C=O) groups is 2. The average Bonchev–Trinajstić information content (AvgIpc) is 2.78. The van der Waals surface area contributed by atoms with Gasteiger partial charge in [0.1, 0.15) is 5.82 Å². The molecule has 0 fully saturated rings. The summed E-state index contributed by atoms with van der Waals surface area (Å²) in [6.45, 7) is 1.68. The molecular weight excluding hydrogens is 235 g/mol. The van der Waals surface area contributed by atoms with E-state index in [0.29, 0.717) is 17.5 Å². The van der Waals surface area contributed by atoms with Crippen molar-refractivity contribution in [3.8, 4) is 0 Å². The number of Topliss-reactive ketones (excluding diaryl/α,β-unsaturated/α-hetero) is 1. The van der Waals surface area contributed by atoms with Crippen LogP contribution in [-0.4, -0.2) is 22.6 Å². The lowest BCUT2D eigenvalue weighted by molar-refractivity contribution is -0.120. The van der Waals surface area contributed by atoms with Gasteiger partial charge in [0.25, 0.3) is 0 Å². The van der Waals surface area contributed by atoms with Gasteiger partial charge in [-0.2, -0.15) is 0 Å². The molecule has 0 atom stereocenters. The number of fused-ring (bicyclic) bond motifs is 1. The first-order valence-corrected chi connectivity index (χ1v) is 5.68. The van der Waals surface area contributed by atoms with Crippen LogP contribution in [0, 0.1) is 5.82 Å². The molecule has 2 aromatic rings. The van der Waals surface area contributed by atoms with Crippen molar-refractivity contribution in [2.45, 2.75) is 13.3 Å². The zero-order valence-electron chi connectivity index (χ0n) is 9.94. The molecule has 4 nitrogen and oxygen atoms in total. The summed E-state index contributed by atoms with van der Waals surface area (Å²) >= 11 is 0. The van der Waals surface area contributed by atoms with E-state index in [4.69, 9.17) is 0 Å². The SMILES string of the molecule is CCC(=O)NCC(=O)c1ccn2cc(F)ccc12. The molecule has 1 N–H and O–H groups in total. The first-order valence-electron chi connectivity index (χ1n) is 5.68. The molecule has 2 heterocycles. The Morgan fingerprint density at radius 1 is 1.33 bits per heavy atom. The summed E-state index contributed by atoms with van der Waals surface area (Å²) in [7, 11) is 0. The molecule has 0 aliphatic carbocycles. The van der Waals surface area contributed by atoms with E-state index in [-0.39, 0.29) is 24.1 Å². The van der Waals surface area contributed by atoms with Gasteiger partial charge in [0.15, 0.2) is 5.78 Å². The number of nitrogens with zero attached hydrogens (tertiary/aromatic N) is 1. The van der Waals surface area contributed by atoms with Crippen LogP contribution in [0.4, 0.5) is 4.39 Å². The zero-order chi connectivity index (χ0) is 13.1. The standard InChI is InChI=1S/C13H13FN2O2/c1-2-13(18)15-7-12(17)10-5-6-16-8-9(14)3-4-11(10)16/h3-6,8H,2,7H2,1H3,(H,15,18). The molecule has 0 bridgehead atoms. The first-order chi connectivity index (χ1) is 8.61. The van der Waals surface area contributed by atoms with Crippen molar-refractivity contribution in [1.29, 1.82) is 0 Å². The molecule has 0 saturated heterocycles. The van der Waals surface area contributed by atoms with Gasteiger partial charge in [0.2, 0.25) is 5.91 Å². The number of aromatic nitrogens is 1. The van der Waals surface area contributed by atoms with Crippen molar-refractivity contribution in [2.24, 2.45) is 0 Å². The minimum Gasteiger partial charge on any atom is -0.349 e. The Bertz CT molecular complexity index is 604. The maximum absolute atomic E-state index is 13.0. The number of rotatable bonds is 4. The predicted octanol–water partition coefficient (Wildman–Crippen LogP) is 1.79. The average molecular weight is 248 g/mol. The van der Waals surface area contributed by atoms with Gasteiger partial charge in [-0.15, -0.1) is 0 Å². The van der Waals surface area contributed by atoms with E-state index >= 15 is 0 Å². The van der Waals surface area contributed by atoms with Gasteiger partial charge in [-0.25, -0.2) is 4.39 Å². The highest BCUT2D eigenvalue weighted by Crippen LogP contribution is 2.14. The molecule has 2 aromatic heterocycles. The van der Waals surface area contributed by atoms with E-state index in [0.717, 1.165) is 0 Å². The molecule has 0 radical (unpaired) electrons. The molecule has 2 rings (SSSR count). The highest BCUT2D eigenvalue weighted by Gasteiger charge is 2.12. The lowest BCUT2D eigenvalue weighted by Crippen LogP contribution is -2.28. The summed E-state index contributed by atoms with van der Waals surface area (Å²) < 4.78 is 14.5. The third-order valence-electron chi connectivity index (χ3n) is 2.69. The minimum atomic E-state index is -0.364. The fraction of sp³-hybridized carbons (Fsp3) is 0.231. The van der Waals surface area contributed by atoms with E-state index in [9.17, 15) is 14.0 Å². The van der Waals surface area contributed by atoms with E-state index in [1.54, 1.807) is 29.7 Å². The van der Waals surface area contributed by atoms with Gasteiger partial charge in [-0.1, -0.05) is 6.92 Å². The maximum Gasteiger partial charge on any atom is 0.220 e. The molecule has 94 valence electrons. The van der Waals surface area contributed by atoms with E-state index in [1.807, 2.05) is 0 Å². The third kappa shape index (κ3) is 2.40. The molecule has 0 aliphatic rings. The van der Waals surface area contributed by atoms with Crippen LogP contribution in [0.1, 0.15) is 23.7 Å². The molecule has 0 aliphatic heterocycles. The van der Waals surface area contributed by atoms with Crippen molar-refractivity contribution in [2.75, 3.05) is 6.54 Å². The zero-order valence-corrected chi connectivity index (χ0v) is 9.94. The fourth-order valence-electron chi connectivity index (χ4n) is 1.72. The topological polar surface area (TPSA) is 50.6 Å². The number of hydrogen-bond acceptors (Lipinski definition) is 2. The van der Waals surface area contributed by atoms with Crippen LogP contribution in [0.25, 0.3) is 5.52 Å². The Morgan fingerprint density at radius 2 is 2.11 bits per heavy atom. The van der Waals surface area contributed by atoms with Crippen LogP contribution in [0.15, 0.2) is 30.6 Å². The Balaban J connectivity index is 2.20. The van der Waals surface area contributed by atoms with Gasteiger partial charge in [-0.3, -0.25) is 9.59 Å². The third-order valence-corrected chi connectivity index (χ3v) is 2.69. The minimum absolute atomic E-state index is 0.0380. The van der Waals surface area contributed by atoms with Crippen LogP contribution in [0.5, 0.6) is 0 Å². The molecule has 0 aromatic carbocycles.